The summed E-state index contributed by atoms with van der Waals surface area (Å²) in [5.41, 5.74) is 3.00. The van der Waals surface area contributed by atoms with Crippen LogP contribution >= 0.6 is 0 Å². The number of carboxylic acid groups (broad SMARTS) is 1. The predicted molar refractivity (Wildman–Crippen MR) is 87.8 cm³/mol. The Bertz CT molecular complexity index is 789. The van der Waals surface area contributed by atoms with Crippen LogP contribution in [0.2, 0.25) is 0 Å². The average Bonchev–Trinajstić information content (AvgIpc) is 2.77. The maximum absolute atomic E-state index is 13.7. The van der Waals surface area contributed by atoms with Gasteiger partial charge in [-0.05, 0) is 51.0 Å². The van der Waals surface area contributed by atoms with Gasteiger partial charge in [-0.2, -0.15) is 5.10 Å². The van der Waals surface area contributed by atoms with E-state index in [0.717, 1.165) is 0 Å². The third-order valence-corrected chi connectivity index (χ3v) is 3.86. The molecule has 2 aromatic rings. The number of halogens is 1. The van der Waals surface area contributed by atoms with Gasteiger partial charge in [-0.3, -0.25) is 14.3 Å². The normalized spacial score (nSPS) is 10.7. The van der Waals surface area contributed by atoms with Gasteiger partial charge < -0.3 is 10.4 Å². The Morgan fingerprint density at radius 1 is 1.21 bits per heavy atom. The van der Waals surface area contributed by atoms with E-state index in [2.05, 4.69) is 10.4 Å². The van der Waals surface area contributed by atoms with E-state index in [0.29, 0.717) is 33.8 Å². The van der Waals surface area contributed by atoms with Crippen molar-refractivity contribution in [3.8, 4) is 0 Å². The first-order chi connectivity index (χ1) is 11.2. The van der Waals surface area contributed by atoms with Crippen molar-refractivity contribution in [1.82, 2.24) is 9.78 Å². The first-order valence-corrected chi connectivity index (χ1v) is 7.54. The van der Waals surface area contributed by atoms with Crippen molar-refractivity contribution >= 4 is 17.6 Å². The Kier molecular flexibility index (Phi) is 5.02. The number of hydrogen-bond donors (Lipinski definition) is 2. The van der Waals surface area contributed by atoms with E-state index in [1.165, 1.54) is 12.1 Å². The molecule has 0 unspecified atom stereocenters. The summed E-state index contributed by atoms with van der Waals surface area (Å²) in [7, 11) is 0. The number of aliphatic carboxylic acids is 1. The van der Waals surface area contributed by atoms with Gasteiger partial charge in [0.1, 0.15) is 5.82 Å². The predicted octanol–water partition coefficient (Wildman–Crippen LogP) is 2.98. The molecule has 7 heteroatoms. The fourth-order valence-corrected chi connectivity index (χ4v) is 2.56. The second-order valence-electron chi connectivity index (χ2n) is 5.79. The number of rotatable bonds is 5. The van der Waals surface area contributed by atoms with Crippen LogP contribution in [0.3, 0.4) is 0 Å². The van der Waals surface area contributed by atoms with Crippen molar-refractivity contribution in [2.75, 3.05) is 5.32 Å². The zero-order chi connectivity index (χ0) is 18.0. The standard InChI is InChI=1S/C17H20FN3O3/c1-9-7-13(8-10(2)15(9)18)17(24)19-16-11(3)20-21(12(16)4)6-5-14(22)23/h7-8H,5-6H2,1-4H3,(H,19,24)(H,22,23). The maximum atomic E-state index is 13.7. The van der Waals surface area contributed by atoms with Crippen LogP contribution in [0.1, 0.15) is 39.3 Å². The fraction of sp³-hybridized carbons (Fsp3) is 0.353. The molecule has 0 saturated carbocycles. The van der Waals surface area contributed by atoms with E-state index >= 15 is 0 Å². The number of carbonyl (C=O) groups excluding carboxylic acids is 1. The summed E-state index contributed by atoms with van der Waals surface area (Å²) in [5, 5.41) is 15.8. The van der Waals surface area contributed by atoms with Gasteiger partial charge in [0.25, 0.3) is 5.91 Å². The van der Waals surface area contributed by atoms with E-state index < -0.39 is 5.97 Å². The number of amides is 1. The van der Waals surface area contributed by atoms with E-state index in [4.69, 9.17) is 5.11 Å². The zero-order valence-corrected chi connectivity index (χ0v) is 14.1. The van der Waals surface area contributed by atoms with Crippen LogP contribution in [0.5, 0.6) is 0 Å². The molecule has 0 saturated heterocycles. The topological polar surface area (TPSA) is 84.2 Å². The highest BCUT2D eigenvalue weighted by Gasteiger charge is 2.17. The van der Waals surface area contributed by atoms with Crippen LogP contribution in [-0.2, 0) is 11.3 Å². The van der Waals surface area contributed by atoms with Gasteiger partial charge in [0, 0.05) is 5.56 Å². The second-order valence-corrected chi connectivity index (χ2v) is 5.79. The van der Waals surface area contributed by atoms with Crippen LogP contribution < -0.4 is 5.32 Å². The van der Waals surface area contributed by atoms with Crippen LogP contribution in [0.25, 0.3) is 0 Å². The van der Waals surface area contributed by atoms with E-state index in [-0.39, 0.29) is 24.7 Å². The molecule has 1 aromatic heterocycles. The number of nitrogens with zero attached hydrogens (tertiary/aromatic N) is 2. The average molecular weight is 333 g/mol. The van der Waals surface area contributed by atoms with Gasteiger partial charge in [-0.1, -0.05) is 0 Å². The SMILES string of the molecule is Cc1cc(C(=O)Nc2c(C)nn(CCC(=O)O)c2C)cc(C)c1F. The van der Waals surface area contributed by atoms with Gasteiger partial charge in [-0.15, -0.1) is 0 Å². The molecule has 0 radical (unpaired) electrons. The van der Waals surface area contributed by atoms with E-state index in [1.54, 1.807) is 32.4 Å². The van der Waals surface area contributed by atoms with Gasteiger partial charge in [0.2, 0.25) is 0 Å². The van der Waals surface area contributed by atoms with Crippen molar-refractivity contribution in [3.05, 3.63) is 46.0 Å². The lowest BCUT2D eigenvalue weighted by molar-refractivity contribution is -0.137. The van der Waals surface area contributed by atoms with Crippen molar-refractivity contribution in [1.29, 1.82) is 0 Å². The van der Waals surface area contributed by atoms with Crippen LogP contribution in [-0.4, -0.2) is 26.8 Å². The highest BCUT2D eigenvalue weighted by Crippen LogP contribution is 2.22. The molecular formula is C17H20FN3O3. The molecule has 2 rings (SSSR count). The molecular weight excluding hydrogens is 313 g/mol. The number of anilines is 1. The van der Waals surface area contributed by atoms with Gasteiger partial charge >= 0.3 is 5.97 Å². The summed E-state index contributed by atoms with van der Waals surface area (Å²) in [5.74, 6) is -1.59. The monoisotopic (exact) mass is 333 g/mol. The Labute approximate surface area is 139 Å². The third-order valence-electron chi connectivity index (χ3n) is 3.86. The molecule has 0 aliphatic heterocycles. The molecule has 2 N–H and O–H groups in total. The van der Waals surface area contributed by atoms with Crippen molar-refractivity contribution < 1.29 is 19.1 Å². The van der Waals surface area contributed by atoms with Gasteiger partial charge in [0.05, 0.1) is 30.0 Å². The molecule has 1 heterocycles. The lowest BCUT2D eigenvalue weighted by Crippen LogP contribution is -2.14. The minimum Gasteiger partial charge on any atom is -0.481 e. The molecule has 1 amide bonds. The first kappa shape index (κ1) is 17.7. The van der Waals surface area contributed by atoms with E-state index in [1.807, 2.05) is 0 Å². The highest BCUT2D eigenvalue weighted by atomic mass is 19.1. The largest absolute Gasteiger partial charge is 0.481 e. The molecule has 0 aliphatic carbocycles. The quantitative estimate of drug-likeness (QED) is 0.881. The zero-order valence-electron chi connectivity index (χ0n) is 14.1. The molecule has 0 atom stereocenters. The number of benzene rings is 1. The van der Waals surface area contributed by atoms with Crippen LogP contribution in [0.4, 0.5) is 10.1 Å². The number of hydrogen-bond acceptors (Lipinski definition) is 3. The number of carbonyl (C=O) groups is 2. The highest BCUT2D eigenvalue weighted by molar-refractivity contribution is 6.05. The van der Waals surface area contributed by atoms with Gasteiger partial charge in [-0.25, -0.2) is 4.39 Å². The first-order valence-electron chi connectivity index (χ1n) is 7.54. The lowest BCUT2D eigenvalue weighted by Gasteiger charge is -2.09. The molecule has 0 aliphatic rings. The fourth-order valence-electron chi connectivity index (χ4n) is 2.56. The summed E-state index contributed by atoms with van der Waals surface area (Å²) in [6.45, 7) is 6.95. The smallest absolute Gasteiger partial charge is 0.305 e. The summed E-state index contributed by atoms with van der Waals surface area (Å²) < 4.78 is 15.2. The summed E-state index contributed by atoms with van der Waals surface area (Å²) >= 11 is 0. The minimum absolute atomic E-state index is 0.0499. The Morgan fingerprint density at radius 3 is 2.33 bits per heavy atom. The molecule has 128 valence electrons. The number of aromatic nitrogens is 2. The Morgan fingerprint density at radius 2 is 1.79 bits per heavy atom. The summed E-state index contributed by atoms with van der Waals surface area (Å²) in [6, 6.07) is 2.99. The number of nitrogens with one attached hydrogen (secondary N) is 1. The molecule has 0 bridgehead atoms. The molecule has 24 heavy (non-hydrogen) atoms. The van der Waals surface area contributed by atoms with E-state index in [9.17, 15) is 14.0 Å². The summed E-state index contributed by atoms with van der Waals surface area (Å²) in [4.78, 5) is 23.1. The van der Waals surface area contributed by atoms with Crippen molar-refractivity contribution in [2.45, 2.75) is 40.7 Å². The lowest BCUT2D eigenvalue weighted by atomic mass is 10.1. The van der Waals surface area contributed by atoms with Crippen LogP contribution in [0, 0.1) is 33.5 Å². The molecule has 6 nitrogen and oxygen atoms in total. The Hall–Kier alpha value is -2.70. The van der Waals surface area contributed by atoms with Gasteiger partial charge in [0.15, 0.2) is 0 Å². The van der Waals surface area contributed by atoms with Crippen molar-refractivity contribution in [2.24, 2.45) is 0 Å². The third kappa shape index (κ3) is 3.61. The van der Waals surface area contributed by atoms with Crippen LogP contribution in [0.15, 0.2) is 12.1 Å². The molecule has 0 spiro atoms. The second kappa shape index (κ2) is 6.82. The maximum Gasteiger partial charge on any atom is 0.305 e. The molecule has 0 fully saturated rings. The number of carboxylic acids is 1. The summed E-state index contributed by atoms with van der Waals surface area (Å²) in [6.07, 6.45) is -0.0499. The molecule has 1 aromatic carbocycles. The number of aryl methyl sites for hydroxylation is 4. The Balaban J connectivity index is 2.25. The minimum atomic E-state index is -0.912. The van der Waals surface area contributed by atoms with Crippen molar-refractivity contribution in [3.63, 3.8) is 0 Å².